The second kappa shape index (κ2) is 36.6. The molecule has 5 unspecified atom stereocenters. The summed E-state index contributed by atoms with van der Waals surface area (Å²) in [6.07, 6.45) is 22.7. The highest BCUT2D eigenvalue weighted by Crippen LogP contribution is 2.49. The van der Waals surface area contributed by atoms with Crippen molar-refractivity contribution in [1.82, 2.24) is 0 Å². The van der Waals surface area contributed by atoms with E-state index in [-0.39, 0.29) is 12.8 Å². The molecule has 0 radical (unpaired) electrons. The van der Waals surface area contributed by atoms with E-state index in [0.29, 0.717) is 12.8 Å². The minimum Gasteiger partial charge on any atom is -0.462 e. The quantitative estimate of drug-likeness (QED) is 0.0131. The topological polar surface area (TPSA) is 256 Å². The second-order valence-electron chi connectivity index (χ2n) is 16.8. The Balaban J connectivity index is 2.59. The van der Waals surface area contributed by atoms with Crippen LogP contribution in [0.5, 0.6) is 0 Å². The van der Waals surface area contributed by atoms with E-state index in [1.54, 1.807) is 0 Å². The van der Waals surface area contributed by atoms with Crippen molar-refractivity contribution in [2.24, 2.45) is 0 Å². The van der Waals surface area contributed by atoms with Gasteiger partial charge in [-0.15, -0.1) is 0 Å². The van der Waals surface area contributed by atoms with Crippen LogP contribution in [-0.4, -0.2) is 103 Å². The molecule has 0 aliphatic heterocycles. The number of carbonyl (C=O) groups is 2. The third kappa shape index (κ3) is 31.2. The van der Waals surface area contributed by atoms with Gasteiger partial charge in [-0.3, -0.25) is 23.2 Å². The first-order valence-corrected chi connectivity index (χ1v) is 26.9. The Labute approximate surface area is 377 Å². The number of rotatable bonds is 40. The third-order valence-electron chi connectivity index (χ3n) is 11.0. The molecule has 0 aromatic carbocycles. The fourth-order valence-corrected chi connectivity index (χ4v) is 8.79. The summed E-state index contributed by atoms with van der Waals surface area (Å²) in [5, 5.41) is 41.2. The number of phosphoric acid groups is 2. The molecular formula is C45H84O16P2. The molecule has 63 heavy (non-hydrogen) atoms. The van der Waals surface area contributed by atoms with Crippen LogP contribution < -0.4 is 0 Å². The van der Waals surface area contributed by atoms with Crippen molar-refractivity contribution < 1.29 is 76.9 Å². The number of phosphoric ester groups is 2. The van der Waals surface area contributed by atoms with E-state index in [2.05, 4.69) is 42.7 Å². The predicted molar refractivity (Wildman–Crippen MR) is 241 cm³/mol. The van der Waals surface area contributed by atoms with E-state index in [0.717, 1.165) is 103 Å². The van der Waals surface area contributed by atoms with Crippen LogP contribution in [-0.2, 0) is 41.8 Å². The highest BCUT2D eigenvalue weighted by molar-refractivity contribution is 7.47. The molecule has 0 aromatic heterocycles. The van der Waals surface area contributed by atoms with Crippen LogP contribution in [0.15, 0.2) is 24.3 Å². The summed E-state index contributed by atoms with van der Waals surface area (Å²) in [5.74, 6) is -1.21. The lowest BCUT2D eigenvalue weighted by molar-refractivity contribution is -0.216. The minimum atomic E-state index is -5.36. The van der Waals surface area contributed by atoms with Gasteiger partial charge in [0.2, 0.25) is 0 Å². The Morgan fingerprint density at radius 1 is 0.492 bits per heavy atom. The van der Waals surface area contributed by atoms with Crippen LogP contribution in [0.2, 0.25) is 0 Å². The van der Waals surface area contributed by atoms with Gasteiger partial charge < -0.3 is 44.6 Å². The van der Waals surface area contributed by atoms with E-state index in [1.165, 1.54) is 51.4 Å². The van der Waals surface area contributed by atoms with Crippen molar-refractivity contribution in [1.29, 1.82) is 0 Å². The summed E-state index contributed by atoms with van der Waals surface area (Å²) < 4.78 is 49.4. The molecule has 1 fully saturated rings. The Morgan fingerprint density at radius 3 is 1.30 bits per heavy atom. The number of aliphatic hydroxyl groups excluding tert-OH is 4. The smallest absolute Gasteiger partial charge is 0.462 e. The fraction of sp³-hybridized carbons (Fsp3) is 0.867. The van der Waals surface area contributed by atoms with Crippen LogP contribution in [0.25, 0.3) is 0 Å². The van der Waals surface area contributed by atoms with E-state index < -0.39 is 83.5 Å². The van der Waals surface area contributed by atoms with Crippen LogP contribution in [0.4, 0.5) is 0 Å². The normalized spacial score (nSPS) is 22.1. The number of hydrogen-bond acceptors (Lipinski definition) is 13. The summed E-state index contributed by atoms with van der Waals surface area (Å²) in [4.78, 5) is 54.3. The summed E-state index contributed by atoms with van der Waals surface area (Å²) >= 11 is 0. The number of ether oxygens (including phenoxy) is 2. The second-order valence-corrected chi connectivity index (χ2v) is 19.4. The zero-order chi connectivity index (χ0) is 46.8. The van der Waals surface area contributed by atoms with Gasteiger partial charge in [-0.05, 0) is 64.2 Å². The maximum atomic E-state index is 13.0. The maximum Gasteiger partial charge on any atom is 0.472 e. The first-order chi connectivity index (χ1) is 30.1. The average Bonchev–Trinajstić information content (AvgIpc) is 3.23. The van der Waals surface area contributed by atoms with E-state index in [4.69, 9.17) is 28.3 Å². The molecule has 370 valence electrons. The molecule has 0 spiro atoms. The molecule has 0 aromatic rings. The Morgan fingerprint density at radius 2 is 0.873 bits per heavy atom. The predicted octanol–water partition coefficient (Wildman–Crippen LogP) is 8.95. The molecule has 1 saturated carbocycles. The van der Waals surface area contributed by atoms with Crippen molar-refractivity contribution >= 4 is 27.6 Å². The molecule has 1 aliphatic rings. The molecule has 0 bridgehead atoms. The highest BCUT2D eigenvalue weighted by Gasteiger charge is 2.54. The average molecular weight is 943 g/mol. The van der Waals surface area contributed by atoms with Crippen LogP contribution >= 0.6 is 15.6 Å². The molecule has 8 atom stereocenters. The number of aliphatic hydroxyl groups is 4. The monoisotopic (exact) mass is 943 g/mol. The maximum absolute atomic E-state index is 13.0. The summed E-state index contributed by atoms with van der Waals surface area (Å²) in [6, 6.07) is 0. The SMILES string of the molecule is CCCCCCC=CCCCCCCCCCC(=O)OC[C@H](COP(=O)(O)O[C@H]1C(O)C(O)C(O)[C@@H](OP(=O)(O)O)C1O)OC(=O)CCCCCCCCCC=CCCCCCC. The van der Waals surface area contributed by atoms with Gasteiger partial charge in [-0.2, -0.15) is 0 Å². The van der Waals surface area contributed by atoms with Crippen molar-refractivity contribution in [3.63, 3.8) is 0 Å². The van der Waals surface area contributed by atoms with Crippen LogP contribution in [0.3, 0.4) is 0 Å². The number of hydrogen-bond donors (Lipinski definition) is 7. The molecule has 18 heteroatoms. The van der Waals surface area contributed by atoms with E-state index in [9.17, 15) is 44.0 Å². The van der Waals surface area contributed by atoms with Gasteiger partial charge in [0.25, 0.3) is 0 Å². The lowest BCUT2D eigenvalue weighted by Gasteiger charge is -2.43. The molecular weight excluding hydrogens is 858 g/mol. The number of unbranched alkanes of at least 4 members (excludes halogenated alkanes) is 22. The highest BCUT2D eigenvalue weighted by atomic mass is 31.2. The standard InChI is InChI=1S/C45H84O16P2/c1-3-5-7-9-11-13-15-17-19-21-23-25-27-29-31-33-38(46)57-35-37(59-39(47)34-32-30-28-26-24-22-20-18-16-14-12-10-8-6-4-2)36-58-63(55,56)61-45-42(50)40(48)41(49)44(43(45)51)60-62(52,53)54/h13-16,37,40-45,48-51H,3-12,17-36H2,1-2H3,(H,55,56)(H2,52,53,54)/t37-,40?,41?,42?,43?,44-,45+/m1/s1. The number of allylic oxidation sites excluding steroid dienone is 4. The lowest BCUT2D eigenvalue weighted by Crippen LogP contribution is -2.64. The molecule has 0 amide bonds. The first kappa shape index (κ1) is 59.5. The summed E-state index contributed by atoms with van der Waals surface area (Å²) in [6.45, 7) is 3.08. The van der Waals surface area contributed by atoms with Gasteiger partial charge in [0, 0.05) is 12.8 Å². The lowest BCUT2D eigenvalue weighted by atomic mass is 9.85. The van der Waals surface area contributed by atoms with Crippen molar-refractivity contribution in [2.45, 2.75) is 236 Å². The van der Waals surface area contributed by atoms with Crippen molar-refractivity contribution in [3.8, 4) is 0 Å². The van der Waals surface area contributed by atoms with Gasteiger partial charge in [0.05, 0.1) is 6.61 Å². The van der Waals surface area contributed by atoms with Crippen LogP contribution in [0, 0.1) is 0 Å². The van der Waals surface area contributed by atoms with Gasteiger partial charge in [-0.25, -0.2) is 9.13 Å². The Hall–Kier alpha value is -1.52. The number of esters is 2. The Bertz CT molecular complexity index is 1330. The zero-order valence-electron chi connectivity index (χ0n) is 38.3. The molecule has 1 rings (SSSR count). The largest absolute Gasteiger partial charge is 0.472 e. The minimum absolute atomic E-state index is 0.0399. The fourth-order valence-electron chi connectivity index (χ4n) is 7.25. The summed E-state index contributed by atoms with van der Waals surface area (Å²) in [7, 11) is -10.7. The summed E-state index contributed by atoms with van der Waals surface area (Å²) in [5.41, 5.74) is 0. The molecule has 16 nitrogen and oxygen atoms in total. The molecule has 1 aliphatic carbocycles. The number of carbonyl (C=O) groups excluding carboxylic acids is 2. The van der Waals surface area contributed by atoms with Gasteiger partial charge in [0.15, 0.2) is 6.10 Å². The van der Waals surface area contributed by atoms with Crippen molar-refractivity contribution in [2.75, 3.05) is 13.2 Å². The molecule has 0 saturated heterocycles. The third-order valence-corrected chi connectivity index (χ3v) is 12.5. The van der Waals surface area contributed by atoms with Gasteiger partial charge in [-0.1, -0.05) is 141 Å². The molecule has 0 heterocycles. The van der Waals surface area contributed by atoms with E-state index >= 15 is 0 Å². The van der Waals surface area contributed by atoms with Gasteiger partial charge in [0.1, 0.15) is 43.2 Å². The Kier molecular flexibility index (Phi) is 34.5. The van der Waals surface area contributed by atoms with Crippen LogP contribution in [0.1, 0.15) is 194 Å². The first-order valence-electron chi connectivity index (χ1n) is 23.9. The van der Waals surface area contributed by atoms with Gasteiger partial charge >= 0.3 is 27.6 Å². The van der Waals surface area contributed by atoms with E-state index in [1.807, 2.05) is 0 Å². The zero-order valence-corrected chi connectivity index (χ0v) is 40.1. The molecule has 7 N–H and O–H groups in total. The van der Waals surface area contributed by atoms with Crippen molar-refractivity contribution in [3.05, 3.63) is 24.3 Å².